The molecule has 0 aliphatic heterocycles. The number of nitrogens with two attached hydrogens (primary N) is 2. The van der Waals surface area contributed by atoms with Gasteiger partial charge in [-0.15, -0.1) is 0 Å². The zero-order valence-corrected chi connectivity index (χ0v) is 6.30. The van der Waals surface area contributed by atoms with E-state index in [0.29, 0.717) is 6.54 Å². The third kappa shape index (κ3) is 3.10. The van der Waals surface area contributed by atoms with Gasteiger partial charge >= 0.3 is 0 Å². The van der Waals surface area contributed by atoms with Crippen LogP contribution < -0.4 is 11.5 Å². The molecule has 2 heteroatoms. The van der Waals surface area contributed by atoms with Gasteiger partial charge in [0.2, 0.25) is 0 Å². The van der Waals surface area contributed by atoms with Crippen LogP contribution in [0, 0.1) is 0 Å². The van der Waals surface area contributed by atoms with E-state index in [9.17, 15) is 0 Å². The van der Waals surface area contributed by atoms with Gasteiger partial charge in [-0.3, -0.25) is 0 Å². The first kappa shape index (κ1) is 8.98. The van der Waals surface area contributed by atoms with Crippen molar-refractivity contribution in [3.05, 3.63) is 36.1 Å². The van der Waals surface area contributed by atoms with Gasteiger partial charge in [-0.2, -0.15) is 0 Å². The molecule has 0 rings (SSSR count). The molecule has 0 aromatic rings. The van der Waals surface area contributed by atoms with Crippen molar-refractivity contribution in [2.24, 2.45) is 11.5 Å². The van der Waals surface area contributed by atoms with Crippen LogP contribution in [0.4, 0.5) is 0 Å². The minimum Gasteiger partial charge on any atom is -0.399 e. The largest absolute Gasteiger partial charge is 0.399 e. The Labute approximate surface area is 61.9 Å². The van der Waals surface area contributed by atoms with Crippen LogP contribution in [0.15, 0.2) is 36.1 Å². The van der Waals surface area contributed by atoms with Crippen LogP contribution in [-0.4, -0.2) is 6.54 Å². The lowest BCUT2D eigenvalue weighted by Gasteiger charge is -1.95. The summed E-state index contributed by atoms with van der Waals surface area (Å²) in [6, 6.07) is 0. The molecule has 0 heterocycles. The lowest BCUT2D eigenvalue weighted by Crippen LogP contribution is -2.03. The predicted octanol–water partition coefficient (Wildman–Crippen LogP) is 0.920. The zero-order valence-electron chi connectivity index (χ0n) is 6.30. The Kier molecular flexibility index (Phi) is 4.33. The van der Waals surface area contributed by atoms with Gasteiger partial charge in [-0.1, -0.05) is 18.7 Å². The van der Waals surface area contributed by atoms with Gasteiger partial charge in [0.1, 0.15) is 0 Å². The van der Waals surface area contributed by atoms with Gasteiger partial charge in [-0.25, -0.2) is 0 Å². The molecule has 4 N–H and O–H groups in total. The second-order valence-corrected chi connectivity index (χ2v) is 1.92. The highest BCUT2D eigenvalue weighted by molar-refractivity contribution is 5.27. The van der Waals surface area contributed by atoms with Gasteiger partial charge in [0.05, 0.1) is 0 Å². The summed E-state index contributed by atoms with van der Waals surface area (Å²) in [6.45, 7) is 5.95. The van der Waals surface area contributed by atoms with Crippen LogP contribution in [-0.2, 0) is 0 Å². The highest BCUT2D eigenvalue weighted by atomic mass is 14.6. The fraction of sp³-hybridized carbons (Fsp3) is 0.250. The van der Waals surface area contributed by atoms with Gasteiger partial charge < -0.3 is 11.5 Å². The zero-order chi connectivity index (χ0) is 7.98. The average Bonchev–Trinajstić information content (AvgIpc) is 1.99. The molecule has 2 nitrogen and oxygen atoms in total. The highest BCUT2D eigenvalue weighted by Gasteiger charge is 1.86. The van der Waals surface area contributed by atoms with E-state index in [4.69, 9.17) is 11.5 Å². The Morgan fingerprint density at radius 2 is 2.20 bits per heavy atom. The van der Waals surface area contributed by atoms with E-state index in [1.165, 1.54) is 0 Å². The van der Waals surface area contributed by atoms with Crippen LogP contribution in [0.2, 0.25) is 0 Å². The molecule has 0 aromatic heterocycles. The molecular weight excluding hydrogens is 124 g/mol. The third-order valence-electron chi connectivity index (χ3n) is 1.18. The normalized spacial score (nSPS) is 13.4. The van der Waals surface area contributed by atoms with Crippen LogP contribution in [0.3, 0.4) is 0 Å². The maximum Gasteiger partial charge on any atom is 0.0273 e. The van der Waals surface area contributed by atoms with Crippen molar-refractivity contribution in [3.63, 3.8) is 0 Å². The molecule has 0 aromatic carbocycles. The first-order valence-electron chi connectivity index (χ1n) is 3.19. The van der Waals surface area contributed by atoms with E-state index in [1.54, 1.807) is 6.08 Å². The first-order chi connectivity index (χ1) is 4.74. The Bertz CT molecular complexity index is 166. The molecule has 10 heavy (non-hydrogen) atoms. The number of hydrogen-bond donors (Lipinski definition) is 2. The summed E-state index contributed by atoms with van der Waals surface area (Å²) in [7, 11) is 0. The van der Waals surface area contributed by atoms with E-state index in [0.717, 1.165) is 11.3 Å². The van der Waals surface area contributed by atoms with Crippen LogP contribution >= 0.6 is 0 Å². The second-order valence-electron chi connectivity index (χ2n) is 1.92. The standard InChI is InChI=1S/C8H14N2/c1-3-7(6-9)5-8(10)4-2/h3-5H,1,6,9-10H2,2H3/b7-5+,8-4+. The molecule has 0 aliphatic rings. The van der Waals surface area contributed by atoms with E-state index in [1.807, 2.05) is 19.1 Å². The van der Waals surface area contributed by atoms with Gasteiger partial charge in [0, 0.05) is 12.2 Å². The monoisotopic (exact) mass is 138 g/mol. The van der Waals surface area contributed by atoms with Crippen molar-refractivity contribution >= 4 is 0 Å². The van der Waals surface area contributed by atoms with Gasteiger partial charge in [0.15, 0.2) is 0 Å². The van der Waals surface area contributed by atoms with Crippen LogP contribution in [0.1, 0.15) is 6.92 Å². The minimum atomic E-state index is 0.484. The molecular formula is C8H14N2. The Hall–Kier alpha value is -1.02. The lowest BCUT2D eigenvalue weighted by atomic mass is 10.2. The Balaban J connectivity index is 4.24. The molecule has 0 spiro atoms. The third-order valence-corrected chi connectivity index (χ3v) is 1.18. The second kappa shape index (κ2) is 4.82. The fourth-order valence-corrected chi connectivity index (χ4v) is 0.499. The van der Waals surface area contributed by atoms with E-state index >= 15 is 0 Å². The van der Waals surface area contributed by atoms with Gasteiger partial charge in [0.25, 0.3) is 0 Å². The Morgan fingerprint density at radius 1 is 1.60 bits per heavy atom. The molecule has 0 saturated heterocycles. The van der Waals surface area contributed by atoms with E-state index in [-0.39, 0.29) is 0 Å². The maximum absolute atomic E-state index is 5.51. The van der Waals surface area contributed by atoms with Crippen LogP contribution in [0.25, 0.3) is 0 Å². The minimum absolute atomic E-state index is 0.484. The summed E-state index contributed by atoms with van der Waals surface area (Å²) in [5, 5.41) is 0. The van der Waals surface area contributed by atoms with Crippen molar-refractivity contribution < 1.29 is 0 Å². The molecule has 0 fully saturated rings. The first-order valence-corrected chi connectivity index (χ1v) is 3.19. The summed E-state index contributed by atoms with van der Waals surface area (Å²) in [5.74, 6) is 0. The van der Waals surface area contributed by atoms with Gasteiger partial charge in [-0.05, 0) is 18.6 Å². The molecule has 0 saturated carbocycles. The molecule has 0 bridgehead atoms. The van der Waals surface area contributed by atoms with E-state index < -0.39 is 0 Å². The molecule has 0 unspecified atom stereocenters. The van der Waals surface area contributed by atoms with Crippen molar-refractivity contribution in [3.8, 4) is 0 Å². The summed E-state index contributed by atoms with van der Waals surface area (Å²) in [6.07, 6.45) is 5.34. The summed E-state index contributed by atoms with van der Waals surface area (Å²) in [4.78, 5) is 0. The SMILES string of the molecule is C=C/C(=C\C(N)=C/C)CN. The number of allylic oxidation sites excluding steroid dienone is 2. The van der Waals surface area contributed by atoms with Crippen molar-refractivity contribution in [1.82, 2.24) is 0 Å². The lowest BCUT2D eigenvalue weighted by molar-refractivity contribution is 1.18. The molecule has 0 aliphatic carbocycles. The maximum atomic E-state index is 5.51. The summed E-state index contributed by atoms with van der Waals surface area (Å²) >= 11 is 0. The topological polar surface area (TPSA) is 52.0 Å². The van der Waals surface area contributed by atoms with Crippen LogP contribution in [0.5, 0.6) is 0 Å². The van der Waals surface area contributed by atoms with Crippen molar-refractivity contribution in [2.75, 3.05) is 6.54 Å². The van der Waals surface area contributed by atoms with Crippen molar-refractivity contribution in [2.45, 2.75) is 6.92 Å². The summed E-state index contributed by atoms with van der Waals surface area (Å²) in [5.41, 5.74) is 12.5. The quantitative estimate of drug-likeness (QED) is 0.570. The average molecular weight is 138 g/mol. The fourth-order valence-electron chi connectivity index (χ4n) is 0.499. The molecule has 0 atom stereocenters. The number of rotatable bonds is 3. The molecule has 0 radical (unpaired) electrons. The molecule has 0 amide bonds. The Morgan fingerprint density at radius 3 is 2.50 bits per heavy atom. The van der Waals surface area contributed by atoms with Crippen molar-refractivity contribution in [1.29, 1.82) is 0 Å². The predicted molar refractivity (Wildman–Crippen MR) is 45.3 cm³/mol. The smallest absolute Gasteiger partial charge is 0.0273 e. The highest BCUT2D eigenvalue weighted by Crippen LogP contribution is 1.96. The number of hydrogen-bond acceptors (Lipinski definition) is 2. The van der Waals surface area contributed by atoms with E-state index in [2.05, 4.69) is 6.58 Å². The summed E-state index contributed by atoms with van der Waals surface area (Å²) < 4.78 is 0. The molecule has 56 valence electrons.